The second-order valence-corrected chi connectivity index (χ2v) is 5.32. The molecule has 0 radical (unpaired) electrons. The Kier molecular flexibility index (Phi) is 6.11. The van der Waals surface area contributed by atoms with Crippen LogP contribution in [0.1, 0.15) is 22.3 Å². The Labute approximate surface area is 135 Å². The van der Waals surface area contributed by atoms with Crippen LogP contribution in [0.4, 0.5) is 9.18 Å². The van der Waals surface area contributed by atoms with Gasteiger partial charge in [-0.05, 0) is 35.2 Å². The maximum Gasteiger partial charge on any atom is 0.315 e. The van der Waals surface area contributed by atoms with Crippen molar-refractivity contribution in [2.75, 3.05) is 7.11 Å². The predicted molar refractivity (Wildman–Crippen MR) is 87.4 cm³/mol. The zero-order valence-corrected chi connectivity index (χ0v) is 13.4. The number of urea groups is 1. The first-order chi connectivity index (χ1) is 11.1. The first kappa shape index (κ1) is 17.0. The van der Waals surface area contributed by atoms with Gasteiger partial charge in [0.15, 0.2) is 0 Å². The smallest absolute Gasteiger partial charge is 0.315 e. The lowest BCUT2D eigenvalue weighted by molar-refractivity contribution is 0.184. The summed E-state index contributed by atoms with van der Waals surface area (Å²) in [5, 5.41) is 5.58. The van der Waals surface area contributed by atoms with Crippen LogP contribution in [-0.4, -0.2) is 13.1 Å². The number of methoxy groups -OCH3 is 1. The molecule has 5 heteroatoms. The van der Waals surface area contributed by atoms with Crippen LogP contribution in [0.5, 0.6) is 0 Å². The molecule has 4 nitrogen and oxygen atoms in total. The van der Waals surface area contributed by atoms with Gasteiger partial charge in [-0.25, -0.2) is 9.18 Å². The maximum absolute atomic E-state index is 13.2. The number of benzene rings is 2. The summed E-state index contributed by atoms with van der Waals surface area (Å²) >= 11 is 0. The summed E-state index contributed by atoms with van der Waals surface area (Å²) in [7, 11) is 1.64. The molecular formula is C18H21FN2O2. The standard InChI is InChI=1S/C18H21FN2O2/c1-13-9-14(7-8-17(13)19)10-20-18(22)21-11-15-5-3-4-6-16(15)12-23-2/h3-9H,10-12H2,1-2H3,(H2,20,21,22). The summed E-state index contributed by atoms with van der Waals surface area (Å²) in [4.78, 5) is 11.9. The molecule has 2 aromatic carbocycles. The third-order valence-electron chi connectivity index (χ3n) is 3.53. The van der Waals surface area contributed by atoms with Gasteiger partial charge in [0.1, 0.15) is 5.82 Å². The Morgan fingerprint density at radius 3 is 2.48 bits per heavy atom. The molecule has 0 bridgehead atoms. The predicted octanol–water partition coefficient (Wildman–Crippen LogP) is 3.28. The number of carbonyl (C=O) groups excluding carboxylic acids is 1. The lowest BCUT2D eigenvalue weighted by atomic mass is 10.1. The number of aryl methyl sites for hydroxylation is 1. The fourth-order valence-corrected chi connectivity index (χ4v) is 2.26. The number of hydrogen-bond acceptors (Lipinski definition) is 2. The first-order valence-corrected chi connectivity index (χ1v) is 7.42. The van der Waals surface area contributed by atoms with Crippen LogP contribution >= 0.6 is 0 Å². The van der Waals surface area contributed by atoms with Crippen LogP contribution < -0.4 is 10.6 Å². The minimum Gasteiger partial charge on any atom is -0.380 e. The third kappa shape index (κ3) is 5.07. The van der Waals surface area contributed by atoms with E-state index >= 15 is 0 Å². The van der Waals surface area contributed by atoms with Gasteiger partial charge < -0.3 is 15.4 Å². The van der Waals surface area contributed by atoms with Crippen LogP contribution in [0.2, 0.25) is 0 Å². The quantitative estimate of drug-likeness (QED) is 0.859. The fourth-order valence-electron chi connectivity index (χ4n) is 2.26. The summed E-state index contributed by atoms with van der Waals surface area (Å²) in [6.07, 6.45) is 0. The topological polar surface area (TPSA) is 50.4 Å². The third-order valence-corrected chi connectivity index (χ3v) is 3.53. The summed E-state index contributed by atoms with van der Waals surface area (Å²) in [6.45, 7) is 2.99. The number of amides is 2. The van der Waals surface area contributed by atoms with E-state index < -0.39 is 0 Å². The minimum absolute atomic E-state index is 0.243. The molecule has 2 aromatic rings. The Bertz CT molecular complexity index is 674. The highest BCUT2D eigenvalue weighted by molar-refractivity contribution is 5.73. The van der Waals surface area contributed by atoms with E-state index in [1.54, 1.807) is 26.2 Å². The second kappa shape index (κ2) is 8.29. The molecule has 0 saturated carbocycles. The van der Waals surface area contributed by atoms with Gasteiger partial charge in [-0.1, -0.05) is 36.4 Å². The summed E-state index contributed by atoms with van der Waals surface area (Å²) in [6, 6.07) is 12.3. The lowest BCUT2D eigenvalue weighted by Crippen LogP contribution is -2.34. The van der Waals surface area contributed by atoms with Crippen LogP contribution in [0.25, 0.3) is 0 Å². The van der Waals surface area contributed by atoms with E-state index in [0.29, 0.717) is 25.3 Å². The molecule has 0 aromatic heterocycles. The van der Waals surface area contributed by atoms with Gasteiger partial charge in [-0.2, -0.15) is 0 Å². The summed E-state index contributed by atoms with van der Waals surface area (Å²) < 4.78 is 18.3. The average molecular weight is 316 g/mol. The maximum atomic E-state index is 13.2. The van der Waals surface area contributed by atoms with E-state index in [1.807, 2.05) is 24.3 Å². The molecule has 2 N–H and O–H groups in total. The molecule has 0 saturated heterocycles. The van der Waals surface area contributed by atoms with Crippen molar-refractivity contribution in [3.05, 3.63) is 70.5 Å². The van der Waals surface area contributed by atoms with E-state index in [9.17, 15) is 9.18 Å². The molecule has 0 heterocycles. The fraction of sp³-hybridized carbons (Fsp3) is 0.278. The summed E-state index contributed by atoms with van der Waals surface area (Å²) in [5.74, 6) is -0.243. The van der Waals surface area contributed by atoms with Crippen molar-refractivity contribution in [2.45, 2.75) is 26.6 Å². The van der Waals surface area contributed by atoms with Gasteiger partial charge in [-0.15, -0.1) is 0 Å². The average Bonchev–Trinajstić information content (AvgIpc) is 2.55. The molecule has 23 heavy (non-hydrogen) atoms. The van der Waals surface area contributed by atoms with E-state index in [0.717, 1.165) is 16.7 Å². The molecule has 0 spiro atoms. The van der Waals surface area contributed by atoms with Crippen molar-refractivity contribution < 1.29 is 13.9 Å². The van der Waals surface area contributed by atoms with Crippen molar-refractivity contribution >= 4 is 6.03 Å². The van der Waals surface area contributed by atoms with Crippen molar-refractivity contribution in [3.63, 3.8) is 0 Å². The number of halogens is 1. The zero-order valence-electron chi connectivity index (χ0n) is 13.4. The molecule has 0 fully saturated rings. The van der Waals surface area contributed by atoms with Gasteiger partial charge in [0, 0.05) is 20.2 Å². The van der Waals surface area contributed by atoms with E-state index in [1.165, 1.54) is 6.07 Å². The van der Waals surface area contributed by atoms with Crippen LogP contribution in [0.15, 0.2) is 42.5 Å². The molecule has 0 aliphatic heterocycles. The van der Waals surface area contributed by atoms with Gasteiger partial charge in [0.2, 0.25) is 0 Å². The van der Waals surface area contributed by atoms with Gasteiger partial charge in [0.05, 0.1) is 6.61 Å². The largest absolute Gasteiger partial charge is 0.380 e. The highest BCUT2D eigenvalue weighted by Gasteiger charge is 2.05. The molecule has 2 rings (SSSR count). The molecule has 0 aliphatic carbocycles. The Hall–Kier alpha value is -2.40. The van der Waals surface area contributed by atoms with E-state index in [-0.39, 0.29) is 11.8 Å². The molecule has 0 atom stereocenters. The van der Waals surface area contributed by atoms with Crippen molar-refractivity contribution in [2.24, 2.45) is 0 Å². The van der Waals surface area contributed by atoms with Crippen molar-refractivity contribution in [3.8, 4) is 0 Å². The Morgan fingerprint density at radius 1 is 1.09 bits per heavy atom. The molecule has 122 valence electrons. The normalized spacial score (nSPS) is 10.4. The number of rotatable bonds is 6. The number of hydrogen-bond donors (Lipinski definition) is 2. The molecule has 0 unspecified atom stereocenters. The highest BCUT2D eigenvalue weighted by Crippen LogP contribution is 2.10. The van der Waals surface area contributed by atoms with Gasteiger partial charge >= 0.3 is 6.03 Å². The van der Waals surface area contributed by atoms with E-state index in [4.69, 9.17) is 4.74 Å². The highest BCUT2D eigenvalue weighted by atomic mass is 19.1. The Balaban J connectivity index is 1.84. The number of carbonyl (C=O) groups is 1. The van der Waals surface area contributed by atoms with Crippen LogP contribution in [0.3, 0.4) is 0 Å². The first-order valence-electron chi connectivity index (χ1n) is 7.42. The second-order valence-electron chi connectivity index (χ2n) is 5.32. The van der Waals surface area contributed by atoms with Crippen LogP contribution in [0, 0.1) is 12.7 Å². The molecular weight excluding hydrogens is 295 g/mol. The van der Waals surface area contributed by atoms with E-state index in [2.05, 4.69) is 10.6 Å². The monoisotopic (exact) mass is 316 g/mol. The number of ether oxygens (including phenoxy) is 1. The molecule has 0 aliphatic rings. The SMILES string of the molecule is COCc1ccccc1CNC(=O)NCc1ccc(F)c(C)c1. The van der Waals surface area contributed by atoms with Crippen molar-refractivity contribution in [1.29, 1.82) is 0 Å². The van der Waals surface area contributed by atoms with Crippen LogP contribution in [-0.2, 0) is 24.4 Å². The minimum atomic E-state index is -0.265. The van der Waals surface area contributed by atoms with Gasteiger partial charge in [0.25, 0.3) is 0 Å². The zero-order chi connectivity index (χ0) is 16.7. The lowest BCUT2D eigenvalue weighted by Gasteiger charge is -2.11. The molecule has 2 amide bonds. The number of nitrogens with one attached hydrogen (secondary N) is 2. The Morgan fingerprint density at radius 2 is 1.78 bits per heavy atom. The van der Waals surface area contributed by atoms with Crippen molar-refractivity contribution in [1.82, 2.24) is 10.6 Å². The van der Waals surface area contributed by atoms with Gasteiger partial charge in [-0.3, -0.25) is 0 Å². The summed E-state index contributed by atoms with van der Waals surface area (Å²) in [5.41, 5.74) is 3.49.